The van der Waals surface area contributed by atoms with Gasteiger partial charge >= 0.3 is 0 Å². The molecule has 0 N–H and O–H groups in total. The van der Waals surface area contributed by atoms with Crippen LogP contribution in [0.15, 0.2) is 11.1 Å². The first-order valence-electron chi connectivity index (χ1n) is 8.55. The molecule has 3 rings (SSSR count). The summed E-state index contributed by atoms with van der Waals surface area (Å²) in [7, 11) is 0. The van der Waals surface area contributed by atoms with Crippen LogP contribution in [0.25, 0.3) is 0 Å². The van der Waals surface area contributed by atoms with Crippen LogP contribution in [0.1, 0.15) is 78.6 Å². The second-order valence-electron chi connectivity index (χ2n) is 6.95. The summed E-state index contributed by atoms with van der Waals surface area (Å²) in [6.45, 7) is 7.03. The Bertz CT molecular complexity index is 351. The molecule has 0 heterocycles. The van der Waals surface area contributed by atoms with Crippen molar-refractivity contribution in [2.75, 3.05) is 0 Å². The van der Waals surface area contributed by atoms with Crippen LogP contribution in [-0.4, -0.2) is 0 Å². The third-order valence-electron chi connectivity index (χ3n) is 6.10. The first-order valence-corrected chi connectivity index (χ1v) is 8.55. The predicted molar refractivity (Wildman–Crippen MR) is 78.5 cm³/mol. The average molecular weight is 246 g/mol. The van der Waals surface area contributed by atoms with Gasteiger partial charge < -0.3 is 0 Å². The van der Waals surface area contributed by atoms with Crippen molar-refractivity contribution in [1.29, 1.82) is 0 Å². The Morgan fingerprint density at radius 2 is 1.61 bits per heavy atom. The fourth-order valence-corrected chi connectivity index (χ4v) is 5.27. The van der Waals surface area contributed by atoms with Gasteiger partial charge in [-0.25, -0.2) is 0 Å². The number of hydrogen-bond acceptors (Lipinski definition) is 0. The molecule has 0 nitrogen and oxygen atoms in total. The lowest BCUT2D eigenvalue weighted by Crippen LogP contribution is -2.31. The molecular formula is C18H30. The maximum atomic E-state index is 2.35. The van der Waals surface area contributed by atoms with Gasteiger partial charge in [-0.1, -0.05) is 64.0 Å². The Labute approximate surface area is 113 Å². The van der Waals surface area contributed by atoms with E-state index < -0.39 is 0 Å². The fraction of sp³-hybridized carbons (Fsp3) is 0.889. The molecule has 0 aromatic rings. The maximum Gasteiger partial charge on any atom is -0.00576 e. The number of unbranched alkanes of at least 4 members (excludes halogenated alkanes) is 3. The van der Waals surface area contributed by atoms with Crippen LogP contribution in [0.5, 0.6) is 0 Å². The molecule has 0 aromatic carbocycles. The Balaban J connectivity index is 1.65. The summed E-state index contributed by atoms with van der Waals surface area (Å²) in [5.41, 5.74) is 4.78. The van der Waals surface area contributed by atoms with E-state index >= 15 is 0 Å². The van der Waals surface area contributed by atoms with Crippen molar-refractivity contribution < 1.29 is 0 Å². The molecule has 3 aliphatic rings. The van der Waals surface area contributed by atoms with Crippen LogP contribution >= 0.6 is 0 Å². The van der Waals surface area contributed by atoms with E-state index in [1.807, 2.05) is 11.1 Å². The summed E-state index contributed by atoms with van der Waals surface area (Å²) in [5, 5.41) is 0. The molecule has 4 unspecified atom stereocenters. The van der Waals surface area contributed by atoms with Crippen LogP contribution in [0.3, 0.4) is 0 Å². The van der Waals surface area contributed by atoms with Gasteiger partial charge in [0.15, 0.2) is 0 Å². The molecule has 3 aliphatic carbocycles. The van der Waals surface area contributed by atoms with Crippen molar-refractivity contribution in [2.24, 2.45) is 23.2 Å². The Kier molecular flexibility index (Phi) is 3.32. The molecule has 0 heteroatoms. The van der Waals surface area contributed by atoms with E-state index in [2.05, 4.69) is 20.8 Å². The predicted octanol–water partition coefficient (Wildman–Crippen LogP) is 5.73. The van der Waals surface area contributed by atoms with E-state index in [0.29, 0.717) is 0 Å². The molecular weight excluding hydrogens is 216 g/mol. The number of allylic oxidation sites excluding steroid dienone is 2. The Hall–Kier alpha value is -0.260. The van der Waals surface area contributed by atoms with Crippen molar-refractivity contribution in [3.63, 3.8) is 0 Å². The first-order chi connectivity index (χ1) is 8.82. The highest BCUT2D eigenvalue weighted by Crippen LogP contribution is 2.90. The highest BCUT2D eigenvalue weighted by atomic mass is 14.9. The van der Waals surface area contributed by atoms with Crippen LogP contribution in [-0.2, 0) is 0 Å². The zero-order valence-electron chi connectivity index (χ0n) is 12.6. The van der Waals surface area contributed by atoms with Crippen LogP contribution in [0, 0.1) is 23.2 Å². The molecule has 0 bridgehead atoms. The summed E-state index contributed by atoms with van der Waals surface area (Å²) in [6.07, 6.45) is 13.0. The van der Waals surface area contributed by atoms with E-state index in [9.17, 15) is 0 Å². The lowest BCUT2D eigenvalue weighted by molar-refractivity contribution is 0.215. The largest absolute Gasteiger partial charge is 0.0661 e. The SMILES string of the molecule is CCCCC1=C2C(CCCC)C3(CCCC)C1C23. The normalized spacial score (nSPS) is 39.2. The lowest BCUT2D eigenvalue weighted by Gasteiger charge is -2.40. The number of fused-ring (bicyclic) bond motifs is 1. The molecule has 0 spiro atoms. The van der Waals surface area contributed by atoms with E-state index in [0.717, 1.165) is 23.2 Å². The van der Waals surface area contributed by atoms with Crippen molar-refractivity contribution >= 4 is 0 Å². The zero-order valence-corrected chi connectivity index (χ0v) is 12.6. The first kappa shape index (κ1) is 12.8. The van der Waals surface area contributed by atoms with Crippen LogP contribution < -0.4 is 0 Å². The molecule has 0 aliphatic heterocycles. The molecule has 0 amide bonds. The third kappa shape index (κ3) is 1.44. The smallest absolute Gasteiger partial charge is 0.00576 e. The molecule has 0 aromatic heterocycles. The van der Waals surface area contributed by atoms with Gasteiger partial charge in [0.1, 0.15) is 0 Å². The van der Waals surface area contributed by atoms with E-state index in [1.54, 1.807) is 6.42 Å². The van der Waals surface area contributed by atoms with Gasteiger partial charge in [-0.05, 0) is 48.9 Å². The molecule has 2 fully saturated rings. The van der Waals surface area contributed by atoms with E-state index in [4.69, 9.17) is 0 Å². The maximum absolute atomic E-state index is 2.35. The zero-order chi connectivity index (χ0) is 12.8. The lowest BCUT2D eigenvalue weighted by atomic mass is 9.64. The van der Waals surface area contributed by atoms with Crippen LogP contribution in [0.2, 0.25) is 0 Å². The van der Waals surface area contributed by atoms with E-state index in [-0.39, 0.29) is 0 Å². The van der Waals surface area contributed by atoms with Gasteiger partial charge in [-0.15, -0.1) is 0 Å². The summed E-state index contributed by atoms with van der Waals surface area (Å²) in [6, 6.07) is 0. The number of hydrogen-bond donors (Lipinski definition) is 0. The minimum atomic E-state index is 0.837. The highest BCUT2D eigenvalue weighted by molar-refractivity contribution is 5.60. The minimum absolute atomic E-state index is 0.837. The van der Waals surface area contributed by atoms with Gasteiger partial charge in [0.05, 0.1) is 0 Å². The standard InChI is InChI=1S/C18H30/c1-4-7-10-13-15-14(11-8-5-2)18(12-9-6-3)16(13)17(15)18/h14,16-17H,4-12H2,1-3H3. The molecule has 18 heavy (non-hydrogen) atoms. The van der Waals surface area contributed by atoms with Gasteiger partial charge in [-0.3, -0.25) is 0 Å². The van der Waals surface area contributed by atoms with Crippen molar-refractivity contribution in [3.05, 3.63) is 11.1 Å². The quantitative estimate of drug-likeness (QED) is 0.456. The second-order valence-corrected chi connectivity index (χ2v) is 6.95. The Morgan fingerprint density at radius 1 is 0.889 bits per heavy atom. The van der Waals surface area contributed by atoms with Crippen molar-refractivity contribution in [1.82, 2.24) is 0 Å². The Morgan fingerprint density at radius 3 is 2.28 bits per heavy atom. The van der Waals surface area contributed by atoms with Crippen molar-refractivity contribution in [3.8, 4) is 0 Å². The summed E-state index contributed by atoms with van der Waals surface area (Å²) in [5.74, 6) is 3.25. The molecule has 102 valence electrons. The summed E-state index contributed by atoms with van der Waals surface area (Å²) >= 11 is 0. The molecule has 0 saturated heterocycles. The van der Waals surface area contributed by atoms with Crippen LogP contribution in [0.4, 0.5) is 0 Å². The molecule has 4 atom stereocenters. The average Bonchev–Trinajstić information content (AvgIpc) is 2.70. The van der Waals surface area contributed by atoms with Gasteiger partial charge in [0.25, 0.3) is 0 Å². The van der Waals surface area contributed by atoms with Crippen molar-refractivity contribution in [2.45, 2.75) is 78.6 Å². The third-order valence-corrected chi connectivity index (χ3v) is 6.10. The topological polar surface area (TPSA) is 0 Å². The monoisotopic (exact) mass is 246 g/mol. The van der Waals surface area contributed by atoms with Gasteiger partial charge in [0, 0.05) is 0 Å². The highest BCUT2D eigenvalue weighted by Gasteiger charge is 2.84. The summed E-state index contributed by atoms with van der Waals surface area (Å²) < 4.78 is 0. The summed E-state index contributed by atoms with van der Waals surface area (Å²) in [4.78, 5) is 0. The fourth-order valence-electron chi connectivity index (χ4n) is 5.27. The number of rotatable bonds is 9. The second kappa shape index (κ2) is 4.69. The molecule has 0 radical (unpaired) electrons. The molecule has 2 saturated carbocycles. The minimum Gasteiger partial charge on any atom is -0.0661 e. The van der Waals surface area contributed by atoms with Gasteiger partial charge in [-0.2, -0.15) is 0 Å². The van der Waals surface area contributed by atoms with E-state index in [1.165, 1.54) is 51.4 Å². The van der Waals surface area contributed by atoms with Gasteiger partial charge in [0.2, 0.25) is 0 Å².